The number of hydrogen-bond donors (Lipinski definition) is 2. The molecular formula is C13H13FN4O2. The Morgan fingerprint density at radius 3 is 2.80 bits per heavy atom. The van der Waals surface area contributed by atoms with Crippen LogP contribution in [0.25, 0.3) is 0 Å². The molecule has 0 saturated carbocycles. The van der Waals surface area contributed by atoms with Crippen molar-refractivity contribution in [1.82, 2.24) is 10.9 Å². The lowest BCUT2D eigenvalue weighted by Crippen LogP contribution is -2.29. The molecule has 1 aromatic carbocycles. The van der Waals surface area contributed by atoms with E-state index in [2.05, 4.69) is 21.1 Å². The normalized spacial score (nSPS) is 18.0. The van der Waals surface area contributed by atoms with E-state index in [9.17, 15) is 14.0 Å². The second-order valence-corrected chi connectivity index (χ2v) is 4.33. The van der Waals surface area contributed by atoms with Crippen LogP contribution in [-0.2, 0) is 9.59 Å². The van der Waals surface area contributed by atoms with Gasteiger partial charge < -0.3 is 0 Å². The van der Waals surface area contributed by atoms with Gasteiger partial charge in [-0.05, 0) is 24.6 Å². The molecule has 0 saturated heterocycles. The Morgan fingerprint density at radius 2 is 2.20 bits per heavy atom. The van der Waals surface area contributed by atoms with Gasteiger partial charge >= 0.3 is 0 Å². The number of hydrazone groups is 2. The first-order valence-corrected chi connectivity index (χ1v) is 5.98. The molecule has 1 heterocycles. The van der Waals surface area contributed by atoms with Crippen molar-refractivity contribution in [2.24, 2.45) is 16.1 Å². The van der Waals surface area contributed by atoms with Crippen molar-refractivity contribution in [2.45, 2.75) is 13.3 Å². The number of carbonyl (C=O) groups is 2. The van der Waals surface area contributed by atoms with Crippen molar-refractivity contribution in [3.05, 3.63) is 35.6 Å². The first-order valence-electron chi connectivity index (χ1n) is 5.98. The molecule has 20 heavy (non-hydrogen) atoms. The minimum Gasteiger partial charge on any atom is -0.273 e. The Kier molecular flexibility index (Phi) is 4.19. The average Bonchev–Trinajstić information content (AvgIpc) is 2.73. The van der Waals surface area contributed by atoms with Gasteiger partial charge in [-0.3, -0.25) is 9.59 Å². The summed E-state index contributed by atoms with van der Waals surface area (Å²) in [4.78, 5) is 23.0. The highest BCUT2D eigenvalue weighted by molar-refractivity contribution is 6.09. The van der Waals surface area contributed by atoms with Crippen molar-refractivity contribution >= 4 is 23.7 Å². The summed E-state index contributed by atoms with van der Waals surface area (Å²) >= 11 is 0. The van der Waals surface area contributed by atoms with Crippen molar-refractivity contribution in [2.75, 3.05) is 0 Å². The summed E-state index contributed by atoms with van der Waals surface area (Å²) in [6.07, 6.45) is 1.38. The lowest BCUT2D eigenvalue weighted by atomic mass is 10.0. The third kappa shape index (κ3) is 3.47. The first kappa shape index (κ1) is 13.9. The van der Waals surface area contributed by atoms with Gasteiger partial charge in [0.05, 0.1) is 12.1 Å². The summed E-state index contributed by atoms with van der Waals surface area (Å²) in [6, 6.07) is 5.66. The molecule has 1 atom stereocenters. The molecule has 2 rings (SSSR count). The number of benzene rings is 1. The second kappa shape index (κ2) is 6.05. The fourth-order valence-corrected chi connectivity index (χ4v) is 1.69. The largest absolute Gasteiger partial charge is 0.273 e. The number of hydrogen-bond acceptors (Lipinski definition) is 4. The van der Waals surface area contributed by atoms with Gasteiger partial charge in [-0.1, -0.05) is 12.1 Å². The molecular weight excluding hydrogens is 263 g/mol. The maximum absolute atomic E-state index is 12.7. The maximum Gasteiger partial charge on any atom is 0.249 e. The van der Waals surface area contributed by atoms with E-state index >= 15 is 0 Å². The average molecular weight is 276 g/mol. The third-order valence-corrected chi connectivity index (χ3v) is 2.83. The van der Waals surface area contributed by atoms with Crippen LogP contribution in [0.5, 0.6) is 0 Å². The zero-order valence-electron chi connectivity index (χ0n) is 10.8. The van der Waals surface area contributed by atoms with Gasteiger partial charge in [0.2, 0.25) is 11.8 Å². The molecule has 0 fully saturated rings. The van der Waals surface area contributed by atoms with Crippen LogP contribution in [0, 0.1) is 11.7 Å². The van der Waals surface area contributed by atoms with Gasteiger partial charge in [-0.2, -0.15) is 10.2 Å². The van der Waals surface area contributed by atoms with Gasteiger partial charge in [0.15, 0.2) is 0 Å². The smallest absolute Gasteiger partial charge is 0.249 e. The molecule has 1 aliphatic rings. The topological polar surface area (TPSA) is 82.9 Å². The van der Waals surface area contributed by atoms with Gasteiger partial charge in [-0.25, -0.2) is 15.2 Å². The van der Waals surface area contributed by atoms with Gasteiger partial charge in [0.25, 0.3) is 0 Å². The van der Waals surface area contributed by atoms with Gasteiger partial charge in [0.1, 0.15) is 5.82 Å². The van der Waals surface area contributed by atoms with Crippen LogP contribution >= 0.6 is 0 Å². The Labute approximate surface area is 114 Å². The predicted octanol–water partition coefficient (Wildman–Crippen LogP) is 0.788. The quantitative estimate of drug-likeness (QED) is 0.629. The third-order valence-electron chi connectivity index (χ3n) is 2.83. The minimum atomic E-state index is -0.545. The number of nitrogens with zero attached hydrogens (tertiary/aromatic N) is 2. The monoisotopic (exact) mass is 276 g/mol. The van der Waals surface area contributed by atoms with Crippen molar-refractivity contribution < 1.29 is 14.0 Å². The Bertz CT molecular complexity index is 581. The van der Waals surface area contributed by atoms with E-state index in [0.717, 1.165) is 0 Å². The molecule has 2 amide bonds. The zero-order chi connectivity index (χ0) is 14.5. The lowest BCUT2D eigenvalue weighted by molar-refractivity contribution is -0.127. The van der Waals surface area contributed by atoms with Crippen LogP contribution in [0.2, 0.25) is 0 Å². The summed E-state index contributed by atoms with van der Waals surface area (Å²) in [6.45, 7) is 1.68. The highest BCUT2D eigenvalue weighted by Gasteiger charge is 2.28. The van der Waals surface area contributed by atoms with Crippen LogP contribution < -0.4 is 10.9 Å². The Morgan fingerprint density at radius 1 is 1.50 bits per heavy atom. The second-order valence-electron chi connectivity index (χ2n) is 4.33. The van der Waals surface area contributed by atoms with Crippen LogP contribution in [0.15, 0.2) is 34.5 Å². The number of halogens is 1. The standard InChI is InChI=1S/C13H13FN4O2/c1-8-11(13(20)18-16-8)6-12(19)17-15-7-9-2-4-10(14)5-3-9/h2-5,7,11H,6H2,1H3,(H,17,19)(H,18,20)/b15-7-/t11-/m0/s1. The number of carbonyl (C=O) groups excluding carboxylic acids is 2. The molecule has 1 aromatic rings. The van der Waals surface area contributed by atoms with E-state index in [4.69, 9.17) is 0 Å². The Balaban J connectivity index is 1.85. The fourth-order valence-electron chi connectivity index (χ4n) is 1.69. The molecule has 7 heteroatoms. The molecule has 0 unspecified atom stereocenters. The minimum absolute atomic E-state index is 0.0120. The number of rotatable bonds is 4. The lowest BCUT2D eigenvalue weighted by Gasteiger charge is -2.05. The molecule has 6 nitrogen and oxygen atoms in total. The van der Waals surface area contributed by atoms with Crippen molar-refractivity contribution in [1.29, 1.82) is 0 Å². The molecule has 0 bridgehead atoms. The van der Waals surface area contributed by atoms with Crippen molar-refractivity contribution in [3.8, 4) is 0 Å². The molecule has 2 N–H and O–H groups in total. The summed E-state index contributed by atoms with van der Waals surface area (Å²) in [7, 11) is 0. The van der Waals surface area contributed by atoms with Crippen LogP contribution in [0.1, 0.15) is 18.9 Å². The van der Waals surface area contributed by atoms with E-state index in [1.807, 2.05) is 0 Å². The van der Waals surface area contributed by atoms with Gasteiger partial charge in [-0.15, -0.1) is 0 Å². The SMILES string of the molecule is CC1=NNC(=O)[C@H]1CC(=O)N/N=C\c1ccc(F)cc1. The first-order chi connectivity index (χ1) is 9.56. The van der Waals surface area contributed by atoms with Crippen LogP contribution in [-0.4, -0.2) is 23.7 Å². The van der Waals surface area contributed by atoms with E-state index in [0.29, 0.717) is 11.3 Å². The maximum atomic E-state index is 12.7. The molecule has 1 aliphatic heterocycles. The van der Waals surface area contributed by atoms with Crippen LogP contribution in [0.3, 0.4) is 0 Å². The van der Waals surface area contributed by atoms with E-state index in [1.54, 1.807) is 6.92 Å². The summed E-state index contributed by atoms with van der Waals surface area (Å²) in [5, 5.41) is 7.50. The molecule has 0 radical (unpaired) electrons. The van der Waals surface area contributed by atoms with E-state index in [1.165, 1.54) is 30.5 Å². The van der Waals surface area contributed by atoms with Crippen molar-refractivity contribution in [3.63, 3.8) is 0 Å². The summed E-state index contributed by atoms with van der Waals surface area (Å²) in [5.74, 6) is -1.57. The fraction of sp³-hybridized carbons (Fsp3) is 0.231. The summed E-state index contributed by atoms with van der Waals surface area (Å²) < 4.78 is 12.7. The van der Waals surface area contributed by atoms with Crippen LogP contribution in [0.4, 0.5) is 4.39 Å². The number of amides is 2. The molecule has 104 valence electrons. The molecule has 0 aliphatic carbocycles. The highest BCUT2D eigenvalue weighted by atomic mass is 19.1. The number of nitrogens with one attached hydrogen (secondary N) is 2. The molecule has 0 spiro atoms. The zero-order valence-corrected chi connectivity index (χ0v) is 10.8. The summed E-state index contributed by atoms with van der Waals surface area (Å²) in [5.41, 5.74) is 5.85. The van der Waals surface area contributed by atoms with E-state index in [-0.39, 0.29) is 24.1 Å². The van der Waals surface area contributed by atoms with Gasteiger partial charge in [0, 0.05) is 12.1 Å². The molecule has 0 aromatic heterocycles. The Hall–Kier alpha value is -2.57. The van der Waals surface area contributed by atoms with E-state index < -0.39 is 5.92 Å². The predicted molar refractivity (Wildman–Crippen MR) is 71.5 cm³/mol. The highest BCUT2D eigenvalue weighted by Crippen LogP contribution is 2.11.